The Morgan fingerprint density at radius 2 is 1.58 bits per heavy atom. The van der Waals surface area contributed by atoms with Crippen LogP contribution in [0.1, 0.15) is 21.9 Å². The molecule has 3 nitrogen and oxygen atoms in total. The Balaban J connectivity index is 2.48. The van der Waals surface area contributed by atoms with Crippen LogP contribution in [0.2, 0.25) is 0 Å². The van der Waals surface area contributed by atoms with E-state index in [0.29, 0.717) is 5.56 Å². The van der Waals surface area contributed by atoms with Gasteiger partial charge in [-0.25, -0.2) is 8.42 Å². The van der Waals surface area contributed by atoms with E-state index in [-0.39, 0.29) is 17.5 Å². The molecular formula is C16H11BrF3NO2S. The third-order valence-corrected chi connectivity index (χ3v) is 5.80. The fourth-order valence-corrected chi connectivity index (χ4v) is 3.69. The second-order valence-electron chi connectivity index (χ2n) is 5.04. The van der Waals surface area contributed by atoms with Gasteiger partial charge in [0, 0.05) is 4.47 Å². The number of hydrogen-bond donors (Lipinski definition) is 0. The van der Waals surface area contributed by atoms with Crippen LogP contribution in [-0.4, -0.2) is 13.9 Å². The predicted octanol–water partition coefficient (Wildman–Crippen LogP) is 4.54. The average Bonchev–Trinajstić information content (AvgIpc) is 2.53. The fourth-order valence-electron chi connectivity index (χ4n) is 2.17. The Morgan fingerprint density at radius 3 is 2.04 bits per heavy atom. The van der Waals surface area contributed by atoms with Gasteiger partial charge in [-0.2, -0.15) is 18.4 Å². The summed E-state index contributed by atoms with van der Waals surface area (Å²) in [6.07, 6.45) is -0.318. The normalized spacial score (nSPS) is 13.3. The van der Waals surface area contributed by atoms with Gasteiger partial charge in [-0.15, -0.1) is 0 Å². The number of hydrogen-bond acceptors (Lipinski definition) is 3. The predicted molar refractivity (Wildman–Crippen MR) is 86.7 cm³/mol. The lowest BCUT2D eigenvalue weighted by molar-refractivity contribution is -0.0445. The minimum Gasteiger partial charge on any atom is -0.219 e. The lowest BCUT2D eigenvalue weighted by Crippen LogP contribution is -2.30. The zero-order valence-electron chi connectivity index (χ0n) is 12.1. The second-order valence-corrected chi connectivity index (χ2v) is 8.08. The second kappa shape index (κ2) is 6.95. The van der Waals surface area contributed by atoms with Crippen molar-refractivity contribution in [1.29, 1.82) is 5.26 Å². The molecule has 2 aromatic carbocycles. The van der Waals surface area contributed by atoms with E-state index in [1.807, 2.05) is 6.07 Å². The van der Waals surface area contributed by atoms with E-state index in [2.05, 4.69) is 15.9 Å². The van der Waals surface area contributed by atoms with Gasteiger partial charge in [0.1, 0.15) is 0 Å². The van der Waals surface area contributed by atoms with Crippen LogP contribution in [0.25, 0.3) is 0 Å². The number of nitrogens with zero attached hydrogens (tertiary/aromatic N) is 1. The first-order valence-electron chi connectivity index (χ1n) is 6.70. The highest BCUT2D eigenvalue weighted by atomic mass is 79.9. The van der Waals surface area contributed by atoms with Crippen molar-refractivity contribution < 1.29 is 21.6 Å². The van der Waals surface area contributed by atoms with Crippen LogP contribution in [0.5, 0.6) is 0 Å². The number of alkyl halides is 3. The first-order valence-corrected chi connectivity index (χ1v) is 9.04. The third-order valence-electron chi connectivity index (χ3n) is 3.44. The fraction of sp³-hybridized carbons (Fsp3) is 0.188. The first-order chi connectivity index (χ1) is 11.1. The lowest BCUT2D eigenvalue weighted by atomic mass is 10.0. The maximum Gasteiger partial charge on any atom is 0.498 e. The quantitative estimate of drug-likeness (QED) is 0.733. The summed E-state index contributed by atoms with van der Waals surface area (Å²) in [5.41, 5.74) is -4.67. The van der Waals surface area contributed by atoms with Crippen molar-refractivity contribution in [2.24, 2.45) is 0 Å². The standard InChI is InChI=1S/C16H11BrF3NO2S/c17-14-7-3-11(4-8-14)9-15(24(22,23)16(18,19)20)13-5-1-12(10-21)2-6-13/h1-8,15H,9H2. The zero-order valence-corrected chi connectivity index (χ0v) is 14.5. The average molecular weight is 418 g/mol. The van der Waals surface area contributed by atoms with Crippen LogP contribution < -0.4 is 0 Å². The Kier molecular flexibility index (Phi) is 5.35. The van der Waals surface area contributed by atoms with Crippen molar-refractivity contribution in [3.63, 3.8) is 0 Å². The molecule has 0 aromatic heterocycles. The van der Waals surface area contributed by atoms with Gasteiger partial charge in [-0.1, -0.05) is 40.2 Å². The Hall–Kier alpha value is -1.85. The maximum atomic E-state index is 13.0. The van der Waals surface area contributed by atoms with Gasteiger partial charge < -0.3 is 0 Å². The Morgan fingerprint density at radius 1 is 1.04 bits per heavy atom. The highest BCUT2D eigenvalue weighted by Gasteiger charge is 2.51. The number of sulfone groups is 1. The number of benzene rings is 2. The molecule has 2 aromatic rings. The highest BCUT2D eigenvalue weighted by Crippen LogP contribution is 2.38. The molecule has 24 heavy (non-hydrogen) atoms. The van der Waals surface area contributed by atoms with E-state index in [9.17, 15) is 21.6 Å². The van der Waals surface area contributed by atoms with Gasteiger partial charge in [0.25, 0.3) is 9.84 Å². The molecule has 126 valence electrons. The van der Waals surface area contributed by atoms with Crippen molar-refractivity contribution in [3.8, 4) is 6.07 Å². The molecule has 0 heterocycles. The van der Waals surface area contributed by atoms with Gasteiger partial charge in [-0.05, 0) is 41.8 Å². The Labute approximate surface area is 145 Å². The topological polar surface area (TPSA) is 57.9 Å². The number of halogens is 4. The summed E-state index contributed by atoms with van der Waals surface area (Å²) in [6.45, 7) is 0. The molecule has 0 fully saturated rings. The van der Waals surface area contributed by atoms with Crippen molar-refractivity contribution in [1.82, 2.24) is 0 Å². The van der Waals surface area contributed by atoms with Gasteiger partial charge in [0.15, 0.2) is 0 Å². The molecule has 0 radical (unpaired) electrons. The van der Waals surface area contributed by atoms with Gasteiger partial charge in [-0.3, -0.25) is 0 Å². The molecule has 8 heteroatoms. The SMILES string of the molecule is N#Cc1ccc(C(Cc2ccc(Br)cc2)S(=O)(=O)C(F)(F)F)cc1. The van der Waals surface area contributed by atoms with E-state index in [4.69, 9.17) is 5.26 Å². The summed E-state index contributed by atoms with van der Waals surface area (Å²) >= 11 is 3.21. The molecule has 0 bridgehead atoms. The molecule has 1 unspecified atom stereocenters. The highest BCUT2D eigenvalue weighted by molar-refractivity contribution is 9.10. The van der Waals surface area contributed by atoms with Crippen molar-refractivity contribution in [3.05, 3.63) is 69.7 Å². The maximum absolute atomic E-state index is 13.0. The summed E-state index contributed by atoms with van der Waals surface area (Å²) in [4.78, 5) is 0. The van der Waals surface area contributed by atoms with E-state index < -0.39 is 20.6 Å². The minimum absolute atomic E-state index is 0.00533. The molecule has 0 saturated carbocycles. The zero-order chi connectivity index (χ0) is 18.0. The van der Waals surface area contributed by atoms with E-state index in [1.54, 1.807) is 24.3 Å². The van der Waals surface area contributed by atoms with Gasteiger partial charge >= 0.3 is 5.51 Å². The summed E-state index contributed by atoms with van der Waals surface area (Å²) < 4.78 is 63.8. The molecule has 1 atom stereocenters. The third kappa shape index (κ3) is 3.97. The molecular weight excluding hydrogens is 407 g/mol. The summed E-state index contributed by atoms with van der Waals surface area (Å²) in [7, 11) is -5.41. The molecule has 0 N–H and O–H groups in total. The summed E-state index contributed by atoms with van der Waals surface area (Å²) in [6, 6.07) is 13.3. The summed E-state index contributed by atoms with van der Waals surface area (Å²) in [5, 5.41) is 6.99. The molecule has 0 aliphatic heterocycles. The van der Waals surface area contributed by atoms with Crippen LogP contribution in [-0.2, 0) is 16.3 Å². The Bertz CT molecular complexity index is 854. The van der Waals surface area contributed by atoms with Crippen molar-refractivity contribution in [2.75, 3.05) is 0 Å². The molecule has 0 saturated heterocycles. The molecule has 0 aliphatic rings. The van der Waals surface area contributed by atoms with Crippen LogP contribution in [0.4, 0.5) is 13.2 Å². The van der Waals surface area contributed by atoms with E-state index >= 15 is 0 Å². The smallest absolute Gasteiger partial charge is 0.219 e. The number of rotatable bonds is 4. The first kappa shape index (κ1) is 18.5. The summed E-state index contributed by atoms with van der Waals surface area (Å²) in [5.74, 6) is 0. The number of nitriles is 1. The van der Waals surface area contributed by atoms with E-state index in [1.165, 1.54) is 24.3 Å². The van der Waals surface area contributed by atoms with E-state index in [0.717, 1.165) is 4.47 Å². The molecule has 2 rings (SSSR count). The molecule has 0 spiro atoms. The largest absolute Gasteiger partial charge is 0.498 e. The van der Waals surface area contributed by atoms with Gasteiger partial charge in [0.05, 0.1) is 16.9 Å². The molecule has 0 aliphatic carbocycles. The lowest BCUT2D eigenvalue weighted by Gasteiger charge is -2.20. The van der Waals surface area contributed by atoms with Crippen LogP contribution in [0, 0.1) is 11.3 Å². The van der Waals surface area contributed by atoms with Crippen molar-refractivity contribution >= 4 is 25.8 Å². The molecule has 0 amide bonds. The monoisotopic (exact) mass is 417 g/mol. The van der Waals surface area contributed by atoms with Crippen LogP contribution in [0.15, 0.2) is 53.0 Å². The van der Waals surface area contributed by atoms with Gasteiger partial charge in [0.2, 0.25) is 0 Å². The van der Waals surface area contributed by atoms with Crippen LogP contribution in [0.3, 0.4) is 0 Å². The van der Waals surface area contributed by atoms with Crippen LogP contribution >= 0.6 is 15.9 Å². The van der Waals surface area contributed by atoms with Crippen molar-refractivity contribution in [2.45, 2.75) is 17.2 Å². The minimum atomic E-state index is -5.41.